The first-order valence-corrected chi connectivity index (χ1v) is 9.30. The van der Waals surface area contributed by atoms with E-state index in [1.807, 2.05) is 57.7 Å². The molecule has 3 rings (SSSR count). The van der Waals surface area contributed by atoms with Gasteiger partial charge in [0, 0.05) is 26.2 Å². The molecule has 1 atom stereocenters. The SMILES string of the molecule is Cc1nn(C)c(C)c1CCC(=O)N(C)C(C)c1nc2ccccc2s1. The van der Waals surface area contributed by atoms with Crippen LogP contribution in [0.2, 0.25) is 0 Å². The fraction of sp³-hybridized carbons (Fsp3) is 0.421. The second-order valence-corrected chi connectivity index (χ2v) is 7.54. The number of rotatable bonds is 5. The fourth-order valence-electron chi connectivity index (χ4n) is 3.04. The topological polar surface area (TPSA) is 51.0 Å². The number of hydrogen-bond acceptors (Lipinski definition) is 4. The predicted molar refractivity (Wildman–Crippen MR) is 102 cm³/mol. The van der Waals surface area contributed by atoms with Crippen molar-refractivity contribution in [1.82, 2.24) is 19.7 Å². The Kier molecular flexibility index (Phi) is 4.90. The summed E-state index contributed by atoms with van der Waals surface area (Å²) in [5, 5.41) is 5.40. The maximum Gasteiger partial charge on any atom is 0.223 e. The van der Waals surface area contributed by atoms with Gasteiger partial charge in [-0.2, -0.15) is 5.10 Å². The standard InChI is InChI=1S/C19H24N4OS/c1-12-15(13(2)23(5)21-12)10-11-18(24)22(4)14(3)19-20-16-8-6-7-9-17(16)25-19/h6-9,14H,10-11H2,1-5H3. The number of carbonyl (C=O) groups excluding carboxylic acids is 1. The lowest BCUT2D eigenvalue weighted by Crippen LogP contribution is -2.29. The number of aryl methyl sites for hydroxylation is 2. The average Bonchev–Trinajstić information content (AvgIpc) is 3.13. The highest BCUT2D eigenvalue weighted by molar-refractivity contribution is 7.18. The molecule has 2 heterocycles. The molecule has 3 aromatic rings. The summed E-state index contributed by atoms with van der Waals surface area (Å²) in [5.41, 5.74) is 4.32. The lowest BCUT2D eigenvalue weighted by Gasteiger charge is -2.23. The Morgan fingerprint density at radius 2 is 2.04 bits per heavy atom. The van der Waals surface area contributed by atoms with E-state index in [0.717, 1.165) is 33.0 Å². The molecule has 0 saturated carbocycles. The Morgan fingerprint density at radius 1 is 1.32 bits per heavy atom. The van der Waals surface area contributed by atoms with Gasteiger partial charge in [-0.05, 0) is 44.9 Å². The van der Waals surface area contributed by atoms with Gasteiger partial charge in [0.15, 0.2) is 0 Å². The fourth-order valence-corrected chi connectivity index (χ4v) is 4.10. The van der Waals surface area contributed by atoms with Crippen LogP contribution in [0.3, 0.4) is 0 Å². The van der Waals surface area contributed by atoms with Gasteiger partial charge in [0.05, 0.1) is 22.0 Å². The van der Waals surface area contributed by atoms with Crippen molar-refractivity contribution in [2.75, 3.05) is 7.05 Å². The molecule has 0 aliphatic rings. The highest BCUT2D eigenvalue weighted by Crippen LogP contribution is 2.29. The van der Waals surface area contributed by atoms with E-state index in [-0.39, 0.29) is 11.9 Å². The third kappa shape index (κ3) is 3.44. The lowest BCUT2D eigenvalue weighted by molar-refractivity contribution is -0.131. The van der Waals surface area contributed by atoms with Gasteiger partial charge in [-0.15, -0.1) is 11.3 Å². The minimum Gasteiger partial charge on any atom is -0.337 e. The number of fused-ring (bicyclic) bond motifs is 1. The van der Waals surface area contributed by atoms with Crippen molar-refractivity contribution >= 4 is 27.5 Å². The van der Waals surface area contributed by atoms with Crippen molar-refractivity contribution < 1.29 is 4.79 Å². The average molecular weight is 356 g/mol. The zero-order valence-corrected chi connectivity index (χ0v) is 16.2. The molecule has 1 unspecified atom stereocenters. The van der Waals surface area contributed by atoms with Gasteiger partial charge in [0.1, 0.15) is 5.01 Å². The van der Waals surface area contributed by atoms with Gasteiger partial charge in [0.25, 0.3) is 0 Å². The van der Waals surface area contributed by atoms with Crippen molar-refractivity contribution in [3.63, 3.8) is 0 Å². The van der Waals surface area contributed by atoms with E-state index in [1.165, 1.54) is 5.56 Å². The zero-order chi connectivity index (χ0) is 18.1. The molecule has 1 aromatic carbocycles. The van der Waals surface area contributed by atoms with Crippen LogP contribution < -0.4 is 0 Å². The highest BCUT2D eigenvalue weighted by atomic mass is 32.1. The van der Waals surface area contributed by atoms with E-state index in [9.17, 15) is 4.79 Å². The van der Waals surface area contributed by atoms with Crippen molar-refractivity contribution in [1.29, 1.82) is 0 Å². The van der Waals surface area contributed by atoms with Gasteiger partial charge < -0.3 is 4.90 Å². The number of para-hydroxylation sites is 1. The first-order valence-electron chi connectivity index (χ1n) is 8.48. The van der Waals surface area contributed by atoms with Gasteiger partial charge in [0.2, 0.25) is 5.91 Å². The van der Waals surface area contributed by atoms with E-state index in [0.29, 0.717) is 6.42 Å². The Labute approximate surface area is 152 Å². The van der Waals surface area contributed by atoms with E-state index >= 15 is 0 Å². The number of thiazole rings is 1. The second-order valence-electron chi connectivity index (χ2n) is 6.47. The van der Waals surface area contributed by atoms with Crippen LogP contribution in [-0.4, -0.2) is 32.6 Å². The summed E-state index contributed by atoms with van der Waals surface area (Å²) in [5.74, 6) is 0.134. The van der Waals surface area contributed by atoms with Gasteiger partial charge >= 0.3 is 0 Å². The summed E-state index contributed by atoms with van der Waals surface area (Å²) < 4.78 is 3.04. The summed E-state index contributed by atoms with van der Waals surface area (Å²) >= 11 is 1.66. The molecule has 0 saturated heterocycles. The quantitative estimate of drug-likeness (QED) is 0.699. The molecule has 0 aliphatic heterocycles. The number of hydrogen-bond donors (Lipinski definition) is 0. The first kappa shape index (κ1) is 17.6. The molecule has 6 heteroatoms. The predicted octanol–water partition coefficient (Wildman–Crippen LogP) is 3.80. The second kappa shape index (κ2) is 6.96. The summed E-state index contributed by atoms with van der Waals surface area (Å²) in [6, 6.07) is 8.06. The molecule has 5 nitrogen and oxygen atoms in total. The molecule has 0 spiro atoms. The van der Waals surface area contributed by atoms with Crippen molar-refractivity contribution in [3.8, 4) is 0 Å². The summed E-state index contributed by atoms with van der Waals surface area (Å²) in [4.78, 5) is 19.1. The van der Waals surface area contributed by atoms with Gasteiger partial charge in [-0.3, -0.25) is 9.48 Å². The summed E-state index contributed by atoms with van der Waals surface area (Å²) in [7, 11) is 3.80. The molecule has 0 radical (unpaired) electrons. The van der Waals surface area contributed by atoms with Crippen molar-refractivity contribution in [2.45, 2.75) is 39.7 Å². The Bertz CT molecular complexity index is 878. The largest absolute Gasteiger partial charge is 0.337 e. The molecule has 132 valence electrons. The van der Waals surface area contributed by atoms with Crippen LogP contribution in [0.15, 0.2) is 24.3 Å². The first-order chi connectivity index (χ1) is 11.9. The molecule has 0 bridgehead atoms. The van der Waals surface area contributed by atoms with Crippen LogP contribution in [0.25, 0.3) is 10.2 Å². The Morgan fingerprint density at radius 3 is 2.68 bits per heavy atom. The number of aromatic nitrogens is 3. The maximum absolute atomic E-state index is 12.7. The van der Waals surface area contributed by atoms with Gasteiger partial charge in [-0.1, -0.05) is 12.1 Å². The van der Waals surface area contributed by atoms with E-state index in [2.05, 4.69) is 16.1 Å². The molecule has 0 N–H and O–H groups in total. The normalized spacial score (nSPS) is 12.5. The molecular formula is C19H24N4OS. The highest BCUT2D eigenvalue weighted by Gasteiger charge is 2.21. The third-order valence-electron chi connectivity index (χ3n) is 4.89. The molecule has 0 aliphatic carbocycles. The molecule has 1 amide bonds. The maximum atomic E-state index is 12.7. The molecule has 0 fully saturated rings. The zero-order valence-electron chi connectivity index (χ0n) is 15.4. The van der Waals surface area contributed by atoms with E-state index in [1.54, 1.807) is 16.2 Å². The van der Waals surface area contributed by atoms with E-state index in [4.69, 9.17) is 0 Å². The van der Waals surface area contributed by atoms with Crippen molar-refractivity contribution in [2.24, 2.45) is 7.05 Å². The number of benzene rings is 1. The van der Waals surface area contributed by atoms with Crippen LogP contribution in [0, 0.1) is 13.8 Å². The monoisotopic (exact) mass is 356 g/mol. The molecule has 25 heavy (non-hydrogen) atoms. The van der Waals surface area contributed by atoms with Crippen LogP contribution >= 0.6 is 11.3 Å². The van der Waals surface area contributed by atoms with Crippen LogP contribution in [-0.2, 0) is 18.3 Å². The lowest BCUT2D eigenvalue weighted by atomic mass is 10.1. The van der Waals surface area contributed by atoms with Crippen LogP contribution in [0.5, 0.6) is 0 Å². The van der Waals surface area contributed by atoms with Crippen molar-refractivity contribution in [3.05, 3.63) is 46.2 Å². The minimum absolute atomic E-state index is 0.0269. The molecule has 2 aromatic heterocycles. The third-order valence-corrected chi connectivity index (χ3v) is 6.10. The number of amides is 1. The molecular weight excluding hydrogens is 332 g/mol. The van der Waals surface area contributed by atoms with Crippen LogP contribution in [0.1, 0.15) is 41.3 Å². The number of nitrogens with zero attached hydrogens (tertiary/aromatic N) is 4. The smallest absolute Gasteiger partial charge is 0.223 e. The van der Waals surface area contributed by atoms with E-state index < -0.39 is 0 Å². The minimum atomic E-state index is -0.0269. The Balaban J connectivity index is 1.69. The Hall–Kier alpha value is -2.21. The van der Waals surface area contributed by atoms with Gasteiger partial charge in [-0.25, -0.2) is 4.98 Å². The number of carbonyl (C=O) groups is 1. The van der Waals surface area contributed by atoms with Crippen LogP contribution in [0.4, 0.5) is 0 Å². The summed E-state index contributed by atoms with van der Waals surface area (Å²) in [6.07, 6.45) is 1.21. The summed E-state index contributed by atoms with van der Waals surface area (Å²) in [6.45, 7) is 6.09.